The van der Waals surface area contributed by atoms with Crippen molar-refractivity contribution < 1.29 is 9.18 Å². The molecule has 0 atom stereocenters. The molecule has 0 spiro atoms. The van der Waals surface area contributed by atoms with E-state index in [9.17, 15) is 14.0 Å². The summed E-state index contributed by atoms with van der Waals surface area (Å²) in [5.74, 6) is -0.533. The van der Waals surface area contributed by atoms with Crippen molar-refractivity contribution >= 4 is 23.4 Å². The lowest BCUT2D eigenvalue weighted by molar-refractivity contribution is -0.113. The van der Waals surface area contributed by atoms with Gasteiger partial charge in [0.25, 0.3) is 0 Å². The fraction of sp³-hybridized carbons (Fsp3) is 0.273. The number of aromatic nitrogens is 3. The highest BCUT2D eigenvalue weighted by Gasteiger charge is 2.22. The van der Waals surface area contributed by atoms with Gasteiger partial charge in [-0.2, -0.15) is 4.98 Å². The summed E-state index contributed by atoms with van der Waals surface area (Å²) in [5, 5.41) is 3.30. The van der Waals surface area contributed by atoms with Crippen LogP contribution in [-0.2, 0) is 24.2 Å². The van der Waals surface area contributed by atoms with Gasteiger partial charge in [0.2, 0.25) is 5.91 Å². The van der Waals surface area contributed by atoms with Gasteiger partial charge >= 0.3 is 5.69 Å². The van der Waals surface area contributed by atoms with Crippen molar-refractivity contribution in [1.82, 2.24) is 14.5 Å². The quantitative estimate of drug-likeness (QED) is 0.485. The van der Waals surface area contributed by atoms with E-state index in [1.165, 1.54) is 17.8 Å². The molecular formula is C22H21FN4O2S. The maximum Gasteiger partial charge on any atom is 0.349 e. The molecule has 2 heterocycles. The predicted molar refractivity (Wildman–Crippen MR) is 114 cm³/mol. The SMILES string of the molecule is Cc1ccc(NC(=O)CSc2nc(=O)n(Cc3cccnc3)c3c2CCC3)cc1F. The van der Waals surface area contributed by atoms with Gasteiger partial charge in [-0.3, -0.25) is 14.3 Å². The molecule has 0 unspecified atom stereocenters. The van der Waals surface area contributed by atoms with Gasteiger partial charge in [0, 0.05) is 29.3 Å². The third-order valence-corrected chi connectivity index (χ3v) is 6.08. The fourth-order valence-electron chi connectivity index (χ4n) is 3.54. The molecule has 1 aromatic carbocycles. The summed E-state index contributed by atoms with van der Waals surface area (Å²) in [7, 11) is 0. The number of hydrogen-bond donors (Lipinski definition) is 1. The van der Waals surface area contributed by atoms with Crippen LogP contribution in [0.5, 0.6) is 0 Å². The number of nitrogens with zero attached hydrogens (tertiary/aromatic N) is 3. The number of anilines is 1. The van der Waals surface area contributed by atoms with Crippen molar-refractivity contribution in [3.8, 4) is 0 Å². The number of amides is 1. The number of pyridine rings is 1. The Morgan fingerprint density at radius 3 is 2.93 bits per heavy atom. The summed E-state index contributed by atoms with van der Waals surface area (Å²) in [6.07, 6.45) is 6.05. The number of aryl methyl sites for hydroxylation is 1. The molecule has 0 bridgehead atoms. The van der Waals surface area contributed by atoms with Crippen LogP contribution in [0.4, 0.5) is 10.1 Å². The minimum atomic E-state index is -0.364. The van der Waals surface area contributed by atoms with Crippen molar-refractivity contribution in [1.29, 1.82) is 0 Å². The summed E-state index contributed by atoms with van der Waals surface area (Å²) in [4.78, 5) is 33.4. The van der Waals surface area contributed by atoms with Crippen LogP contribution in [0.2, 0.25) is 0 Å². The number of halogens is 1. The molecule has 6 nitrogen and oxygen atoms in total. The molecule has 1 aliphatic rings. The number of thioether (sulfide) groups is 1. The Bertz CT molecular complexity index is 1150. The second kappa shape index (κ2) is 8.79. The normalized spacial score (nSPS) is 12.6. The van der Waals surface area contributed by atoms with E-state index in [0.29, 0.717) is 22.8 Å². The molecule has 30 heavy (non-hydrogen) atoms. The molecule has 2 aromatic heterocycles. The first kappa shape index (κ1) is 20.3. The number of benzene rings is 1. The lowest BCUT2D eigenvalue weighted by Crippen LogP contribution is -2.28. The molecule has 4 rings (SSSR count). The van der Waals surface area contributed by atoms with Gasteiger partial charge in [-0.05, 0) is 55.5 Å². The highest BCUT2D eigenvalue weighted by Crippen LogP contribution is 2.29. The average Bonchev–Trinajstić information content (AvgIpc) is 3.22. The zero-order valence-corrected chi connectivity index (χ0v) is 17.3. The monoisotopic (exact) mass is 424 g/mol. The van der Waals surface area contributed by atoms with Gasteiger partial charge in [0.15, 0.2) is 0 Å². The summed E-state index contributed by atoms with van der Waals surface area (Å²) < 4.78 is 15.4. The van der Waals surface area contributed by atoms with Crippen LogP contribution in [-0.4, -0.2) is 26.2 Å². The maximum absolute atomic E-state index is 13.7. The van der Waals surface area contributed by atoms with Crippen LogP contribution in [0, 0.1) is 12.7 Å². The van der Waals surface area contributed by atoms with Crippen molar-refractivity contribution in [2.45, 2.75) is 37.8 Å². The standard InChI is InChI=1S/C22H21FN4O2S/c1-14-7-8-16(10-18(14)23)25-20(28)13-30-21-17-5-2-6-19(17)27(22(29)26-21)12-15-4-3-9-24-11-15/h3-4,7-11H,2,5-6,12-13H2,1H3,(H,25,28). The lowest BCUT2D eigenvalue weighted by Gasteiger charge is -2.14. The van der Waals surface area contributed by atoms with E-state index in [1.54, 1.807) is 36.0 Å². The summed E-state index contributed by atoms with van der Waals surface area (Å²) in [5.41, 5.74) is 3.59. The first-order chi connectivity index (χ1) is 14.5. The number of rotatable bonds is 6. The van der Waals surface area contributed by atoms with Crippen molar-refractivity contribution in [2.24, 2.45) is 0 Å². The zero-order chi connectivity index (χ0) is 21.1. The smallest absolute Gasteiger partial charge is 0.325 e. The van der Waals surface area contributed by atoms with Gasteiger partial charge < -0.3 is 5.32 Å². The van der Waals surface area contributed by atoms with E-state index in [4.69, 9.17) is 0 Å². The molecule has 154 valence electrons. The lowest BCUT2D eigenvalue weighted by atomic mass is 10.2. The highest BCUT2D eigenvalue weighted by molar-refractivity contribution is 8.00. The summed E-state index contributed by atoms with van der Waals surface area (Å²) in [6, 6.07) is 8.36. The van der Waals surface area contributed by atoms with E-state index in [0.717, 1.165) is 36.1 Å². The number of fused-ring (bicyclic) bond motifs is 1. The molecule has 0 fully saturated rings. The molecule has 1 aliphatic carbocycles. The van der Waals surface area contributed by atoms with Crippen LogP contribution in [0.15, 0.2) is 52.5 Å². The predicted octanol–water partition coefficient (Wildman–Crippen LogP) is 3.35. The highest BCUT2D eigenvalue weighted by atomic mass is 32.2. The van der Waals surface area contributed by atoms with E-state index in [2.05, 4.69) is 15.3 Å². The minimum absolute atomic E-state index is 0.0982. The van der Waals surface area contributed by atoms with E-state index < -0.39 is 0 Å². The molecular weight excluding hydrogens is 403 g/mol. The molecule has 0 aliphatic heterocycles. The van der Waals surface area contributed by atoms with E-state index in [1.807, 2.05) is 12.1 Å². The average molecular weight is 425 g/mol. The molecule has 0 saturated carbocycles. The Balaban J connectivity index is 1.49. The number of carbonyl (C=O) groups is 1. The van der Waals surface area contributed by atoms with Crippen molar-refractivity contribution in [2.75, 3.05) is 11.1 Å². The topological polar surface area (TPSA) is 76.9 Å². The Morgan fingerprint density at radius 1 is 1.30 bits per heavy atom. The van der Waals surface area contributed by atoms with Gasteiger partial charge in [-0.1, -0.05) is 23.9 Å². The maximum atomic E-state index is 13.7. The third kappa shape index (κ3) is 4.43. The second-order valence-electron chi connectivity index (χ2n) is 7.23. The Kier molecular flexibility index (Phi) is 5.94. The van der Waals surface area contributed by atoms with Crippen LogP contribution in [0.1, 0.15) is 28.8 Å². The van der Waals surface area contributed by atoms with Gasteiger partial charge in [0.05, 0.1) is 12.3 Å². The Hall–Kier alpha value is -3.00. The number of carbonyl (C=O) groups excluding carboxylic acids is 1. The van der Waals surface area contributed by atoms with Crippen molar-refractivity contribution in [3.05, 3.63) is 81.4 Å². The van der Waals surface area contributed by atoms with Crippen molar-refractivity contribution in [3.63, 3.8) is 0 Å². The fourth-order valence-corrected chi connectivity index (χ4v) is 4.42. The molecule has 0 saturated heterocycles. The van der Waals surface area contributed by atoms with Crippen LogP contribution >= 0.6 is 11.8 Å². The zero-order valence-electron chi connectivity index (χ0n) is 16.5. The third-order valence-electron chi connectivity index (χ3n) is 5.06. The minimum Gasteiger partial charge on any atom is -0.325 e. The molecule has 1 amide bonds. The Labute approximate surface area is 177 Å². The molecule has 0 radical (unpaired) electrons. The first-order valence-electron chi connectivity index (χ1n) is 9.71. The number of nitrogens with one attached hydrogen (secondary N) is 1. The van der Waals surface area contributed by atoms with Gasteiger partial charge in [-0.15, -0.1) is 0 Å². The van der Waals surface area contributed by atoms with Crippen LogP contribution in [0.3, 0.4) is 0 Å². The van der Waals surface area contributed by atoms with Gasteiger partial charge in [-0.25, -0.2) is 9.18 Å². The largest absolute Gasteiger partial charge is 0.349 e. The number of hydrogen-bond acceptors (Lipinski definition) is 5. The van der Waals surface area contributed by atoms with E-state index in [-0.39, 0.29) is 23.2 Å². The first-order valence-corrected chi connectivity index (χ1v) is 10.7. The molecule has 8 heteroatoms. The Morgan fingerprint density at radius 2 is 2.17 bits per heavy atom. The van der Waals surface area contributed by atoms with Crippen LogP contribution in [0.25, 0.3) is 0 Å². The summed E-state index contributed by atoms with van der Waals surface area (Å²) in [6.45, 7) is 2.10. The molecule has 3 aromatic rings. The van der Waals surface area contributed by atoms with Crippen LogP contribution < -0.4 is 11.0 Å². The second-order valence-corrected chi connectivity index (χ2v) is 8.19. The summed E-state index contributed by atoms with van der Waals surface area (Å²) >= 11 is 1.25. The van der Waals surface area contributed by atoms with E-state index >= 15 is 0 Å². The molecule has 1 N–H and O–H groups in total. The van der Waals surface area contributed by atoms with Gasteiger partial charge in [0.1, 0.15) is 10.8 Å².